The fourth-order valence-corrected chi connectivity index (χ4v) is 3.44. The fourth-order valence-electron chi connectivity index (χ4n) is 2.60. The summed E-state index contributed by atoms with van der Waals surface area (Å²) in [5.74, 6) is -2.74. The molecule has 5 nitrogen and oxygen atoms in total. The second-order valence-corrected chi connectivity index (χ2v) is 6.89. The summed E-state index contributed by atoms with van der Waals surface area (Å²) in [5.41, 5.74) is -0.619. The number of H-pyrrole nitrogens is 1. The molecule has 0 aliphatic rings. The lowest BCUT2D eigenvalue weighted by Crippen LogP contribution is -2.29. The van der Waals surface area contributed by atoms with Crippen LogP contribution in [-0.4, -0.2) is 10.9 Å². The van der Waals surface area contributed by atoms with Crippen molar-refractivity contribution in [3.63, 3.8) is 0 Å². The quantitative estimate of drug-likeness (QED) is 0.716. The molecule has 0 unspecified atom stereocenters. The number of nitrogens with zero attached hydrogens (tertiary/aromatic N) is 1. The Labute approximate surface area is 155 Å². The smallest absolute Gasteiger partial charge is 0.252 e. The van der Waals surface area contributed by atoms with Crippen molar-refractivity contribution in [3.8, 4) is 6.07 Å². The van der Waals surface area contributed by atoms with Crippen molar-refractivity contribution in [2.75, 3.05) is 0 Å². The molecule has 3 rings (SSSR count). The predicted octanol–water partition coefficient (Wildman–Crippen LogP) is 3.30. The Hall–Kier alpha value is -3.12. The molecule has 9 heteroatoms. The highest BCUT2D eigenvalue weighted by atomic mass is 32.1. The van der Waals surface area contributed by atoms with E-state index in [1.165, 1.54) is 12.1 Å². The number of hydrogen-bond acceptors (Lipinski definition) is 4. The summed E-state index contributed by atoms with van der Waals surface area (Å²) < 4.78 is 40.8. The molecule has 2 aromatic heterocycles. The highest BCUT2D eigenvalue weighted by molar-refractivity contribution is 7.10. The summed E-state index contributed by atoms with van der Waals surface area (Å²) in [5, 5.41) is 10.6. The lowest BCUT2D eigenvalue weighted by Gasteiger charge is -2.12. The van der Waals surface area contributed by atoms with Gasteiger partial charge in [-0.15, -0.1) is 11.3 Å². The van der Waals surface area contributed by atoms with Gasteiger partial charge in [0.1, 0.15) is 6.07 Å². The highest BCUT2D eigenvalue weighted by Gasteiger charge is 2.18. The van der Waals surface area contributed by atoms with Crippen LogP contribution in [0.2, 0.25) is 0 Å². The van der Waals surface area contributed by atoms with E-state index in [1.54, 1.807) is 13.0 Å². The van der Waals surface area contributed by atoms with Gasteiger partial charge in [0.25, 0.3) is 5.56 Å². The van der Waals surface area contributed by atoms with E-state index in [2.05, 4.69) is 10.3 Å². The van der Waals surface area contributed by atoms with Crippen molar-refractivity contribution in [2.24, 2.45) is 0 Å². The van der Waals surface area contributed by atoms with Gasteiger partial charge in [-0.3, -0.25) is 9.59 Å². The minimum absolute atomic E-state index is 0.0354. The van der Waals surface area contributed by atoms with Gasteiger partial charge in [0.05, 0.1) is 23.5 Å². The van der Waals surface area contributed by atoms with Crippen LogP contribution in [0, 0.1) is 28.1 Å². The SMILES string of the molecule is C[C@H](NC(=O)Cc1cc2c(F)c(F)ccc2[nH]c1=O)c1cc(C#N)c(F)s1. The molecule has 0 aliphatic heterocycles. The molecule has 0 aliphatic carbocycles. The number of rotatable bonds is 4. The van der Waals surface area contributed by atoms with Gasteiger partial charge in [-0.05, 0) is 31.2 Å². The standard InChI is InChI=1S/C18H12F3N3O2S/c1-8(14-5-10(7-22)17(21)27-14)23-15(25)6-9-4-11-13(24-18(9)26)3-2-12(19)16(11)20/h2-5,8H,6H2,1H3,(H,23,25)(H,24,26)/t8-/m0/s1. The number of nitrogens with one attached hydrogen (secondary N) is 2. The van der Waals surface area contributed by atoms with Gasteiger partial charge in [0.2, 0.25) is 5.91 Å². The summed E-state index contributed by atoms with van der Waals surface area (Å²) in [7, 11) is 0. The van der Waals surface area contributed by atoms with Gasteiger partial charge in [0, 0.05) is 15.8 Å². The van der Waals surface area contributed by atoms with Gasteiger partial charge in [-0.2, -0.15) is 9.65 Å². The minimum atomic E-state index is -1.11. The third-order valence-corrected chi connectivity index (χ3v) is 5.08. The number of carbonyl (C=O) groups is 1. The lowest BCUT2D eigenvalue weighted by atomic mass is 10.1. The molecule has 3 aromatic rings. The Bertz CT molecular complexity index is 1150. The number of carbonyl (C=O) groups excluding carboxylic acids is 1. The van der Waals surface area contributed by atoms with Crippen LogP contribution in [0.4, 0.5) is 13.2 Å². The minimum Gasteiger partial charge on any atom is -0.348 e. The molecule has 27 heavy (non-hydrogen) atoms. The molecule has 0 saturated carbocycles. The maximum absolute atomic E-state index is 13.9. The molecule has 1 amide bonds. The van der Waals surface area contributed by atoms with Crippen LogP contribution in [-0.2, 0) is 11.2 Å². The number of aromatic nitrogens is 1. The highest BCUT2D eigenvalue weighted by Crippen LogP contribution is 2.25. The largest absolute Gasteiger partial charge is 0.348 e. The number of pyridine rings is 1. The second kappa shape index (κ2) is 7.25. The van der Waals surface area contributed by atoms with E-state index in [1.807, 2.05) is 0 Å². The van der Waals surface area contributed by atoms with Gasteiger partial charge < -0.3 is 10.3 Å². The zero-order chi connectivity index (χ0) is 19.7. The molecule has 2 N–H and O–H groups in total. The van der Waals surface area contributed by atoms with Crippen LogP contribution in [0.15, 0.2) is 29.1 Å². The number of fused-ring (bicyclic) bond motifs is 1. The van der Waals surface area contributed by atoms with E-state index in [0.29, 0.717) is 4.88 Å². The molecule has 0 spiro atoms. The van der Waals surface area contributed by atoms with Crippen molar-refractivity contribution in [1.29, 1.82) is 5.26 Å². The second-order valence-electron chi connectivity index (χ2n) is 5.86. The van der Waals surface area contributed by atoms with Crippen LogP contribution < -0.4 is 10.9 Å². The van der Waals surface area contributed by atoms with Crippen LogP contribution in [0.3, 0.4) is 0 Å². The Balaban J connectivity index is 1.81. The van der Waals surface area contributed by atoms with E-state index in [9.17, 15) is 22.8 Å². The van der Waals surface area contributed by atoms with Crippen LogP contribution >= 0.6 is 11.3 Å². The molecule has 138 valence electrons. The molecule has 0 saturated heterocycles. The third-order valence-electron chi connectivity index (χ3n) is 3.97. The number of nitriles is 1. The molecule has 1 aromatic carbocycles. The topological polar surface area (TPSA) is 85.8 Å². The number of hydrogen-bond donors (Lipinski definition) is 2. The van der Waals surface area contributed by atoms with E-state index in [4.69, 9.17) is 5.26 Å². The van der Waals surface area contributed by atoms with Crippen molar-refractivity contribution in [3.05, 3.63) is 67.4 Å². The maximum Gasteiger partial charge on any atom is 0.252 e. The lowest BCUT2D eigenvalue weighted by molar-refractivity contribution is -0.121. The third kappa shape index (κ3) is 3.71. The number of halogens is 3. The fraction of sp³-hybridized carbons (Fsp3) is 0.167. The zero-order valence-corrected chi connectivity index (χ0v) is 14.7. The van der Waals surface area contributed by atoms with Crippen LogP contribution in [0.25, 0.3) is 10.9 Å². The van der Waals surface area contributed by atoms with E-state index < -0.39 is 34.3 Å². The summed E-state index contributed by atoms with van der Waals surface area (Å²) in [6.07, 6.45) is -0.371. The van der Waals surface area contributed by atoms with Crippen molar-refractivity contribution >= 4 is 28.1 Å². The van der Waals surface area contributed by atoms with Crippen molar-refractivity contribution in [1.82, 2.24) is 10.3 Å². The predicted molar refractivity (Wildman–Crippen MR) is 93.7 cm³/mol. The zero-order valence-electron chi connectivity index (χ0n) is 13.9. The molecular formula is C18H12F3N3O2S. The number of aromatic amines is 1. The summed E-state index contributed by atoms with van der Waals surface area (Å²) in [6, 6.07) is 5.73. The van der Waals surface area contributed by atoms with Gasteiger partial charge in [-0.1, -0.05) is 0 Å². The van der Waals surface area contributed by atoms with Gasteiger partial charge in [0.15, 0.2) is 16.8 Å². The maximum atomic E-state index is 13.9. The molecule has 0 fully saturated rings. The molecule has 0 radical (unpaired) electrons. The van der Waals surface area contributed by atoms with Crippen molar-refractivity contribution < 1.29 is 18.0 Å². The Kier molecular flexibility index (Phi) is 5.01. The number of amides is 1. The normalized spacial score (nSPS) is 12.0. The van der Waals surface area contributed by atoms with Crippen LogP contribution in [0.5, 0.6) is 0 Å². The van der Waals surface area contributed by atoms with E-state index in [-0.39, 0.29) is 28.5 Å². The Morgan fingerprint density at radius 1 is 1.33 bits per heavy atom. The van der Waals surface area contributed by atoms with E-state index >= 15 is 0 Å². The van der Waals surface area contributed by atoms with Crippen LogP contribution in [0.1, 0.15) is 29.0 Å². The average molecular weight is 391 g/mol. The summed E-state index contributed by atoms with van der Waals surface area (Å²) >= 11 is 0.741. The molecule has 1 atom stereocenters. The van der Waals surface area contributed by atoms with E-state index in [0.717, 1.165) is 23.5 Å². The first-order valence-electron chi connectivity index (χ1n) is 7.78. The average Bonchev–Trinajstić information content (AvgIpc) is 3.00. The van der Waals surface area contributed by atoms with Crippen molar-refractivity contribution in [2.45, 2.75) is 19.4 Å². The first kappa shape index (κ1) is 18.7. The number of benzene rings is 1. The van der Waals surface area contributed by atoms with Gasteiger partial charge in [-0.25, -0.2) is 8.78 Å². The monoisotopic (exact) mass is 391 g/mol. The summed E-state index contributed by atoms with van der Waals surface area (Å²) in [4.78, 5) is 27.1. The van der Waals surface area contributed by atoms with Gasteiger partial charge >= 0.3 is 0 Å². The Morgan fingerprint density at radius 3 is 2.74 bits per heavy atom. The molecular weight excluding hydrogens is 379 g/mol. The molecule has 2 heterocycles. The number of thiophene rings is 1. The first-order chi connectivity index (χ1) is 12.8. The summed E-state index contributed by atoms with van der Waals surface area (Å²) in [6.45, 7) is 1.60. The first-order valence-corrected chi connectivity index (χ1v) is 8.60. The molecule has 0 bridgehead atoms. The Morgan fingerprint density at radius 2 is 2.07 bits per heavy atom.